The summed E-state index contributed by atoms with van der Waals surface area (Å²) in [4.78, 5) is 6.34. The number of aromatic nitrogens is 1. The lowest BCUT2D eigenvalue weighted by atomic mass is 9.79. The van der Waals surface area contributed by atoms with Gasteiger partial charge in [-0.15, -0.1) is 0 Å². The minimum atomic E-state index is 0.358. The summed E-state index contributed by atoms with van der Waals surface area (Å²) in [6.45, 7) is 4.89. The number of hydrogen-bond donors (Lipinski definition) is 1. The summed E-state index contributed by atoms with van der Waals surface area (Å²) in [6, 6.07) is 4.49. The highest BCUT2D eigenvalue weighted by molar-refractivity contribution is 5.22. The first-order valence-corrected chi connectivity index (χ1v) is 7.77. The fourth-order valence-corrected chi connectivity index (χ4v) is 3.86. The number of rotatable bonds is 5. The van der Waals surface area contributed by atoms with Gasteiger partial charge in [0.25, 0.3) is 0 Å². The Morgan fingerprint density at radius 3 is 2.94 bits per heavy atom. The van der Waals surface area contributed by atoms with Gasteiger partial charge in [0.2, 0.25) is 0 Å². The van der Waals surface area contributed by atoms with Gasteiger partial charge in [0.05, 0.1) is 5.54 Å². The molecule has 0 amide bonds. The first-order valence-electron chi connectivity index (χ1n) is 7.77. The van der Waals surface area contributed by atoms with E-state index in [1.54, 1.807) is 0 Å². The lowest BCUT2D eigenvalue weighted by Crippen LogP contribution is -2.51. The average molecular weight is 246 g/mol. The molecule has 1 atom stereocenters. The van der Waals surface area contributed by atoms with Gasteiger partial charge in [-0.25, -0.2) is 0 Å². The Labute approximate surface area is 111 Å². The molecule has 1 saturated heterocycles. The van der Waals surface area contributed by atoms with Crippen molar-refractivity contribution in [3.63, 3.8) is 0 Å². The summed E-state index contributed by atoms with van der Waals surface area (Å²) < 4.78 is 0. The van der Waals surface area contributed by atoms with Crippen LogP contribution < -0.4 is 0 Å². The Balaban J connectivity index is 1.89. The molecule has 3 rings (SSSR count). The lowest BCUT2D eigenvalue weighted by Gasteiger charge is -2.48. The molecule has 0 radical (unpaired) electrons. The molecule has 1 unspecified atom stereocenters. The molecule has 1 N–H and O–H groups in total. The molecule has 2 heteroatoms. The molecule has 18 heavy (non-hydrogen) atoms. The second-order valence-corrected chi connectivity index (χ2v) is 6.08. The van der Waals surface area contributed by atoms with Gasteiger partial charge >= 0.3 is 0 Å². The molecule has 2 aliphatic rings. The van der Waals surface area contributed by atoms with Crippen molar-refractivity contribution in [3.8, 4) is 0 Å². The Morgan fingerprint density at radius 2 is 2.28 bits per heavy atom. The number of aromatic amines is 1. The van der Waals surface area contributed by atoms with Crippen LogP contribution >= 0.6 is 0 Å². The fourth-order valence-electron chi connectivity index (χ4n) is 3.86. The van der Waals surface area contributed by atoms with Crippen molar-refractivity contribution in [2.45, 2.75) is 57.4 Å². The molecule has 1 aromatic heterocycles. The van der Waals surface area contributed by atoms with Gasteiger partial charge in [0.1, 0.15) is 0 Å². The highest BCUT2D eigenvalue weighted by Gasteiger charge is 2.51. The van der Waals surface area contributed by atoms with Crippen molar-refractivity contribution in [2.24, 2.45) is 5.92 Å². The zero-order chi connectivity index (χ0) is 12.4. The van der Waals surface area contributed by atoms with Crippen molar-refractivity contribution >= 4 is 0 Å². The van der Waals surface area contributed by atoms with E-state index >= 15 is 0 Å². The van der Waals surface area contributed by atoms with Crippen LogP contribution in [-0.2, 0) is 5.54 Å². The second-order valence-electron chi connectivity index (χ2n) is 6.08. The van der Waals surface area contributed by atoms with E-state index in [1.165, 1.54) is 63.7 Å². The maximum Gasteiger partial charge on any atom is 0.0639 e. The smallest absolute Gasteiger partial charge is 0.0639 e. The Bertz CT molecular complexity index is 366. The van der Waals surface area contributed by atoms with E-state index in [0.717, 1.165) is 5.92 Å². The maximum absolute atomic E-state index is 3.53. The van der Waals surface area contributed by atoms with E-state index in [4.69, 9.17) is 0 Å². The molecule has 1 aromatic rings. The molecule has 1 saturated carbocycles. The number of piperidine rings is 1. The standard InChI is InChI=1S/C16H26N2/c1-2-3-12-18-13-5-4-10-16(18,14-8-9-14)15-7-6-11-17-15/h6-7,11,14,17H,2-5,8-10,12-13H2,1H3. The van der Waals surface area contributed by atoms with E-state index in [0.29, 0.717) is 5.54 Å². The number of nitrogens with zero attached hydrogens (tertiary/aromatic N) is 1. The molecule has 100 valence electrons. The van der Waals surface area contributed by atoms with E-state index in [1.807, 2.05) is 0 Å². The van der Waals surface area contributed by atoms with Crippen LogP contribution in [0.25, 0.3) is 0 Å². The van der Waals surface area contributed by atoms with E-state index in [9.17, 15) is 0 Å². The van der Waals surface area contributed by atoms with Gasteiger partial charge in [-0.05, 0) is 69.7 Å². The molecule has 0 aromatic carbocycles. The number of H-pyrrole nitrogens is 1. The van der Waals surface area contributed by atoms with Crippen molar-refractivity contribution in [1.29, 1.82) is 0 Å². The third-order valence-corrected chi connectivity index (χ3v) is 4.90. The van der Waals surface area contributed by atoms with Crippen LogP contribution in [0.15, 0.2) is 18.3 Å². The molecule has 2 heterocycles. The zero-order valence-corrected chi connectivity index (χ0v) is 11.6. The molecule has 0 bridgehead atoms. The lowest BCUT2D eigenvalue weighted by molar-refractivity contribution is 0.0190. The monoisotopic (exact) mass is 246 g/mol. The summed E-state index contributed by atoms with van der Waals surface area (Å²) >= 11 is 0. The van der Waals surface area contributed by atoms with Crippen molar-refractivity contribution in [2.75, 3.05) is 13.1 Å². The Hall–Kier alpha value is -0.760. The van der Waals surface area contributed by atoms with Crippen LogP contribution in [0.5, 0.6) is 0 Å². The minimum absolute atomic E-state index is 0.358. The maximum atomic E-state index is 3.53. The summed E-state index contributed by atoms with van der Waals surface area (Å²) in [6.07, 6.45) is 11.8. The Kier molecular flexibility index (Phi) is 3.47. The van der Waals surface area contributed by atoms with Crippen molar-refractivity contribution < 1.29 is 0 Å². The van der Waals surface area contributed by atoms with Gasteiger partial charge in [-0.3, -0.25) is 4.90 Å². The van der Waals surface area contributed by atoms with E-state index < -0.39 is 0 Å². The minimum Gasteiger partial charge on any atom is -0.363 e. The molecular weight excluding hydrogens is 220 g/mol. The van der Waals surface area contributed by atoms with Crippen molar-refractivity contribution in [3.05, 3.63) is 24.0 Å². The number of likely N-dealkylation sites (tertiary alicyclic amines) is 1. The zero-order valence-electron chi connectivity index (χ0n) is 11.6. The van der Waals surface area contributed by atoms with Gasteiger partial charge in [0.15, 0.2) is 0 Å². The van der Waals surface area contributed by atoms with Crippen LogP contribution in [0.4, 0.5) is 0 Å². The summed E-state index contributed by atoms with van der Waals surface area (Å²) in [5.74, 6) is 0.910. The van der Waals surface area contributed by atoms with E-state index in [2.05, 4.69) is 35.1 Å². The molecule has 0 spiro atoms. The highest BCUT2D eigenvalue weighted by Crippen LogP contribution is 2.53. The quantitative estimate of drug-likeness (QED) is 0.834. The largest absolute Gasteiger partial charge is 0.363 e. The first kappa shape index (κ1) is 12.3. The van der Waals surface area contributed by atoms with Crippen LogP contribution in [0.2, 0.25) is 0 Å². The third kappa shape index (κ3) is 2.01. The second kappa shape index (κ2) is 5.08. The molecule has 1 aliphatic carbocycles. The topological polar surface area (TPSA) is 19.0 Å². The summed E-state index contributed by atoms with van der Waals surface area (Å²) in [5, 5.41) is 0. The van der Waals surface area contributed by atoms with Crippen molar-refractivity contribution in [1.82, 2.24) is 9.88 Å². The van der Waals surface area contributed by atoms with Gasteiger partial charge in [-0.2, -0.15) is 0 Å². The van der Waals surface area contributed by atoms with Crippen LogP contribution in [0, 0.1) is 5.92 Å². The van der Waals surface area contributed by atoms with Gasteiger partial charge in [0, 0.05) is 11.9 Å². The Morgan fingerprint density at radius 1 is 1.39 bits per heavy atom. The predicted molar refractivity (Wildman–Crippen MR) is 75.5 cm³/mol. The normalized spacial score (nSPS) is 29.6. The van der Waals surface area contributed by atoms with Crippen LogP contribution in [0.1, 0.15) is 57.6 Å². The predicted octanol–water partition coefficient (Wildman–Crippen LogP) is 3.91. The van der Waals surface area contributed by atoms with Crippen LogP contribution in [0.3, 0.4) is 0 Å². The fraction of sp³-hybridized carbons (Fsp3) is 0.750. The molecule has 2 nitrogen and oxygen atoms in total. The number of unbranched alkanes of at least 4 members (excludes halogenated alkanes) is 1. The van der Waals surface area contributed by atoms with Gasteiger partial charge in [-0.1, -0.05) is 13.3 Å². The number of nitrogens with one attached hydrogen (secondary N) is 1. The third-order valence-electron chi connectivity index (χ3n) is 4.90. The summed E-state index contributed by atoms with van der Waals surface area (Å²) in [5.41, 5.74) is 1.84. The molecular formula is C16H26N2. The average Bonchev–Trinajstić information content (AvgIpc) is 3.12. The van der Waals surface area contributed by atoms with Gasteiger partial charge < -0.3 is 4.98 Å². The SMILES string of the molecule is CCCCN1CCCCC1(c1ccc[nH]1)C1CC1. The summed E-state index contributed by atoms with van der Waals surface area (Å²) in [7, 11) is 0. The van der Waals surface area contributed by atoms with E-state index in [-0.39, 0.29) is 0 Å². The molecule has 2 fully saturated rings. The van der Waals surface area contributed by atoms with Crippen LogP contribution in [-0.4, -0.2) is 23.0 Å². The first-order chi connectivity index (χ1) is 8.88. The highest BCUT2D eigenvalue weighted by atomic mass is 15.2. The molecule has 1 aliphatic heterocycles. The number of hydrogen-bond acceptors (Lipinski definition) is 1.